The Morgan fingerprint density at radius 2 is 1.05 bits per heavy atom. The van der Waals surface area contributed by atoms with Crippen LogP contribution in [-0.4, -0.2) is 147 Å². The number of amides is 1. The summed E-state index contributed by atoms with van der Waals surface area (Å²) >= 11 is 0. The zero-order chi connectivity index (χ0) is 81.1. The fourth-order valence-corrected chi connectivity index (χ4v) is 25.1. The standard InChI is InChI=1S/C44H67N5O4.C37H65N3O4.C9H11N3O/c1-27(2)28(3)39(7)18-19-41(9)30-12-13-33-40(8)23-52-25-44(33,31(30)14-17-42(41,10)34(39)37(50)51)22-32(35(40)53-24-43(11,45)38(4,5)6)49-36(47-26-48-49)29-15-20-46-21-16-29;1-22(2)23(3)32(7)16-17-34(9)24-12-13-27-33(8)19-43-21-37(27,25(24)14-15-35(34,10)28(32)30(41)42)18-26(40-39)29(33)44-20-36(11,38)31(4,5)6;1-12(2)7-11-9(13)8-3-5-10-6-4-8/h14-16,20-21,26-28,30,32-35H,12-13,17-19,22-25,45H2,1-11H3,(H,50,51);14,22-24,26-29,40H,12-13,15-21,38-39H2,1-11H3,(H,41,42);3-7H,1-2H3/t28-,30+,32-,33+,34-,35+,39-,40-,41-,42+,43+,44+;23-,24+,26-,27+,28-,29+,32-,33-,34-,35+,36+,37+;/m11./s1. The van der Waals surface area contributed by atoms with Crippen molar-refractivity contribution >= 4 is 24.2 Å². The molecule has 110 heavy (non-hydrogen) atoms. The van der Waals surface area contributed by atoms with Crippen molar-refractivity contribution in [2.75, 3.05) is 53.7 Å². The Labute approximate surface area is 660 Å². The van der Waals surface area contributed by atoms with Crippen LogP contribution in [-0.2, 0) is 28.5 Å². The number of hydrazine groups is 1. The average molecular weight is 1520 g/mol. The third kappa shape index (κ3) is 13.8. The van der Waals surface area contributed by atoms with Crippen molar-refractivity contribution in [2.45, 2.75) is 265 Å². The number of allylic oxidation sites excluding steroid dienone is 2. The van der Waals surface area contributed by atoms with Crippen LogP contribution in [0.25, 0.3) is 11.4 Å². The van der Waals surface area contributed by atoms with E-state index in [1.807, 2.05) is 38.6 Å². The highest BCUT2D eigenvalue weighted by Gasteiger charge is 2.75. The van der Waals surface area contributed by atoms with Crippen LogP contribution in [0, 0.1) is 124 Å². The maximum atomic E-state index is 13.6. The summed E-state index contributed by atoms with van der Waals surface area (Å²) in [7, 11) is 3.62. The summed E-state index contributed by atoms with van der Waals surface area (Å²) in [6, 6.07) is 7.13. The number of aliphatic carboxylic acids is 2. The number of nitrogens with zero attached hydrogens (tertiary/aromatic N) is 7. The first-order valence-corrected chi connectivity index (χ1v) is 41.8. The van der Waals surface area contributed by atoms with Gasteiger partial charge in [-0.2, -0.15) is 10.1 Å². The second-order valence-corrected chi connectivity index (χ2v) is 42.3. The number of carboxylic acid groups (broad SMARTS) is 2. The lowest BCUT2D eigenvalue weighted by Crippen LogP contribution is -2.72. The predicted molar refractivity (Wildman–Crippen MR) is 435 cm³/mol. The Kier molecular flexibility index (Phi) is 23.4. The van der Waals surface area contributed by atoms with Gasteiger partial charge >= 0.3 is 11.9 Å². The van der Waals surface area contributed by atoms with E-state index in [-0.39, 0.29) is 107 Å². The number of aliphatic imine (C=N–C) groups is 1. The van der Waals surface area contributed by atoms with Crippen LogP contribution in [0.15, 0.2) is 83.7 Å². The maximum Gasteiger partial charge on any atom is 0.307 e. The molecule has 20 heteroatoms. The van der Waals surface area contributed by atoms with Crippen molar-refractivity contribution in [1.82, 2.24) is 35.1 Å². The second kappa shape index (κ2) is 30.1. The van der Waals surface area contributed by atoms with E-state index in [0.29, 0.717) is 86.6 Å². The molecule has 3 aromatic rings. The number of ether oxygens (including phenoxy) is 4. The molecule has 0 unspecified atom stereocenters. The van der Waals surface area contributed by atoms with Gasteiger partial charge in [0, 0.05) is 88.8 Å². The summed E-state index contributed by atoms with van der Waals surface area (Å²) in [6.07, 6.45) is 26.2. The van der Waals surface area contributed by atoms with E-state index in [2.05, 4.69) is 190 Å². The highest BCUT2D eigenvalue weighted by molar-refractivity contribution is 5.98. The first-order valence-electron chi connectivity index (χ1n) is 41.8. The van der Waals surface area contributed by atoms with E-state index in [9.17, 15) is 24.6 Å². The molecule has 0 radical (unpaired) electrons. The van der Waals surface area contributed by atoms with Gasteiger partial charge in [-0.1, -0.05) is 162 Å². The number of aromatic nitrogens is 5. The number of carbonyl (C=O) groups excluding carboxylic acids is 1. The molecule has 612 valence electrons. The third-order valence-corrected chi connectivity index (χ3v) is 34.1. The van der Waals surface area contributed by atoms with Gasteiger partial charge in [0.05, 0.1) is 76.1 Å². The Morgan fingerprint density at radius 1 is 0.627 bits per heavy atom. The highest BCUT2D eigenvalue weighted by atomic mass is 16.5. The monoisotopic (exact) mass is 1520 g/mol. The van der Waals surface area contributed by atoms with Crippen LogP contribution in [0.2, 0.25) is 0 Å². The van der Waals surface area contributed by atoms with Crippen molar-refractivity contribution in [3.63, 3.8) is 0 Å². The number of pyridine rings is 2. The van der Waals surface area contributed by atoms with Crippen LogP contribution in [0.1, 0.15) is 246 Å². The fourth-order valence-electron chi connectivity index (χ4n) is 25.1. The van der Waals surface area contributed by atoms with E-state index in [4.69, 9.17) is 46.3 Å². The number of carboxylic acids is 2. The zero-order valence-corrected chi connectivity index (χ0v) is 71.9. The average Bonchev–Trinajstić information content (AvgIpc) is 0.907. The molecular formula is C90H143N11O9. The lowest BCUT2D eigenvalue weighted by molar-refractivity contribution is -0.253. The Bertz CT molecular complexity index is 3900. The molecule has 20 nitrogen and oxygen atoms in total. The highest BCUT2D eigenvalue weighted by Crippen LogP contribution is 2.78. The molecule has 2 saturated heterocycles. The molecule has 6 saturated carbocycles. The van der Waals surface area contributed by atoms with Crippen LogP contribution < -0.4 is 22.7 Å². The van der Waals surface area contributed by atoms with Crippen LogP contribution in [0.3, 0.4) is 0 Å². The number of hydrogen-bond acceptors (Lipinski definition) is 15. The molecule has 24 atom stereocenters. The smallest absolute Gasteiger partial charge is 0.307 e. The summed E-state index contributed by atoms with van der Waals surface area (Å²) in [4.78, 5) is 56.5. The molecular weight excluding hydrogens is 1380 g/mol. The minimum absolute atomic E-state index is 0.0232. The second-order valence-electron chi connectivity index (χ2n) is 42.3. The number of nitrogens with one attached hydrogen (secondary N) is 1. The molecule has 9 N–H and O–H groups in total. The van der Waals surface area contributed by atoms with Crippen LogP contribution >= 0.6 is 0 Å². The van der Waals surface area contributed by atoms with Gasteiger partial charge in [0.2, 0.25) is 0 Å². The number of rotatable bonds is 17. The molecule has 8 fully saturated rings. The number of fused-ring (bicyclic) bond motifs is 6. The van der Waals surface area contributed by atoms with Crippen LogP contribution in [0.5, 0.6) is 0 Å². The first-order chi connectivity index (χ1) is 51.0. The van der Waals surface area contributed by atoms with Crippen molar-refractivity contribution < 1.29 is 43.5 Å². The topological polar surface area (TPSA) is 291 Å². The molecule has 0 aromatic carbocycles. The summed E-state index contributed by atoms with van der Waals surface area (Å²) < 4.78 is 29.6. The van der Waals surface area contributed by atoms with Gasteiger partial charge in [0.25, 0.3) is 5.91 Å². The summed E-state index contributed by atoms with van der Waals surface area (Å²) in [5.41, 5.74) is 17.9. The van der Waals surface area contributed by atoms with E-state index in [1.165, 1.54) is 17.5 Å². The lowest BCUT2D eigenvalue weighted by atomic mass is 9.34. The van der Waals surface area contributed by atoms with Crippen molar-refractivity contribution in [3.05, 3.63) is 84.2 Å². The normalized spacial score (nSPS) is 40.2. The van der Waals surface area contributed by atoms with Gasteiger partial charge in [-0.3, -0.25) is 35.6 Å². The molecule has 10 aliphatic rings. The molecule has 5 heterocycles. The van der Waals surface area contributed by atoms with Gasteiger partial charge in [-0.05, 0) is 206 Å². The van der Waals surface area contributed by atoms with Crippen molar-refractivity contribution in [3.8, 4) is 11.4 Å². The van der Waals surface area contributed by atoms with E-state index in [1.54, 1.807) is 35.8 Å². The SMILES string of the molecule is CC(C)[C@@H](C)[C@@]1(C)CC[C@]2(C)[C@H]3CC[C@@H]4[C@@]5(COC[C@@]4(C)[C@@H](OC[C@](C)(N)C(C)(C)C)[C@H](NN)C5)C3=CC[C@@]2(C)[C@@H]1C(=O)O.CC(C)[C@@H](C)[C@@]1(C)CC[C@]2(C)[C@H]3CC[C@@H]4[C@@]5(COC[C@@]4(C)[C@@H](OC[C@](C)(N)C(C)(C)C)[C@H](n4ncnc4-c4ccncc4)C5)C3=CC[C@@]2(C)[C@@H]1C(=O)O.CN(C)C=NC(=O)c1ccncc1. The van der Waals surface area contributed by atoms with E-state index in [0.717, 1.165) is 88.4 Å². The molecule has 1 amide bonds. The summed E-state index contributed by atoms with van der Waals surface area (Å²) in [6.45, 7) is 53.2. The predicted octanol–water partition coefficient (Wildman–Crippen LogP) is 16.0. The van der Waals surface area contributed by atoms with Crippen molar-refractivity contribution in [1.29, 1.82) is 0 Å². The van der Waals surface area contributed by atoms with Gasteiger partial charge in [-0.15, -0.1) is 0 Å². The molecule has 8 aliphatic carbocycles. The lowest BCUT2D eigenvalue weighted by Gasteiger charge is -2.71. The fraction of sp³-hybridized carbons (Fsp3) is 0.778. The van der Waals surface area contributed by atoms with Gasteiger partial charge in [-0.25, -0.2) is 9.67 Å². The van der Waals surface area contributed by atoms with Crippen LogP contribution in [0.4, 0.5) is 0 Å². The minimum atomic E-state index is -0.625. The Balaban J connectivity index is 0.000000190. The maximum absolute atomic E-state index is 13.6. The minimum Gasteiger partial charge on any atom is -0.481 e. The van der Waals surface area contributed by atoms with E-state index < -0.39 is 28.9 Å². The molecule has 13 rings (SSSR count). The molecule has 0 spiro atoms. The summed E-state index contributed by atoms with van der Waals surface area (Å²) in [5, 5.41) is 27.1. The summed E-state index contributed by atoms with van der Waals surface area (Å²) in [5.74, 6) is 7.76. The number of nitrogens with two attached hydrogens (primary N) is 3. The van der Waals surface area contributed by atoms with E-state index >= 15 is 0 Å². The van der Waals surface area contributed by atoms with Gasteiger partial charge in [0.1, 0.15) is 6.33 Å². The molecule has 3 aromatic heterocycles. The Morgan fingerprint density at radius 3 is 1.47 bits per heavy atom. The number of hydrogen-bond donors (Lipinski definition) is 6. The molecule has 2 aliphatic heterocycles. The zero-order valence-electron chi connectivity index (χ0n) is 71.9. The molecule has 4 bridgehead atoms. The third-order valence-electron chi connectivity index (χ3n) is 34.1. The number of carbonyl (C=O) groups is 3. The quantitative estimate of drug-likeness (QED) is 0.0241. The van der Waals surface area contributed by atoms with Gasteiger partial charge < -0.3 is 45.5 Å². The van der Waals surface area contributed by atoms with Gasteiger partial charge in [0.15, 0.2) is 5.82 Å². The van der Waals surface area contributed by atoms with Crippen molar-refractivity contribution in [2.24, 2.45) is 146 Å². The first kappa shape index (κ1) is 85.6. The largest absolute Gasteiger partial charge is 0.481 e. The Hall–Kier alpha value is -5.32.